The van der Waals surface area contributed by atoms with Crippen LogP contribution in [0.25, 0.3) is 0 Å². The number of nitrogens with one attached hydrogen (secondary N) is 1. The van der Waals surface area contributed by atoms with Gasteiger partial charge in [-0.1, -0.05) is 0 Å². The lowest BCUT2D eigenvalue weighted by molar-refractivity contribution is -0.139. The van der Waals surface area contributed by atoms with Gasteiger partial charge in [-0.2, -0.15) is 5.10 Å². The van der Waals surface area contributed by atoms with Crippen molar-refractivity contribution < 1.29 is 14.7 Å². The Balaban J connectivity index is 1.46. The third kappa shape index (κ3) is 2.33. The van der Waals surface area contributed by atoms with Crippen LogP contribution in [-0.2, 0) is 16.6 Å². The lowest BCUT2D eigenvalue weighted by Crippen LogP contribution is -2.34. The van der Waals surface area contributed by atoms with Gasteiger partial charge in [-0.05, 0) is 11.8 Å². The molecule has 2 N–H and O–H groups in total. The fraction of sp³-hybridized carbons (Fsp3) is 0.583. The Kier molecular flexibility index (Phi) is 2.78. The Morgan fingerprint density at radius 2 is 2.16 bits per heavy atom. The molecule has 3 rings (SSSR count). The van der Waals surface area contributed by atoms with Crippen LogP contribution in [0.5, 0.6) is 0 Å². The normalized spacial score (nSPS) is 29.0. The number of carboxylic acid groups (broad SMARTS) is 1. The molecule has 1 amide bonds. The number of piperidine rings is 1. The summed E-state index contributed by atoms with van der Waals surface area (Å²) in [6.07, 6.45) is 3.33. The number of aryl methyl sites for hydroxylation is 1. The van der Waals surface area contributed by atoms with E-state index in [1.165, 1.54) is 0 Å². The zero-order valence-corrected chi connectivity index (χ0v) is 10.6. The predicted octanol–water partition coefficient (Wildman–Crippen LogP) is -0.379. The minimum atomic E-state index is -0.700. The van der Waals surface area contributed by atoms with Crippen molar-refractivity contribution in [1.82, 2.24) is 14.7 Å². The number of likely N-dealkylation sites (tertiary alicyclic amines) is 1. The van der Waals surface area contributed by atoms with Crippen LogP contribution in [0.4, 0.5) is 5.69 Å². The Labute approximate surface area is 110 Å². The van der Waals surface area contributed by atoms with E-state index >= 15 is 0 Å². The molecule has 1 aromatic rings. The van der Waals surface area contributed by atoms with Crippen LogP contribution in [0.2, 0.25) is 0 Å². The zero-order chi connectivity index (χ0) is 13.6. The highest BCUT2D eigenvalue weighted by molar-refractivity contribution is 5.92. The van der Waals surface area contributed by atoms with E-state index in [-0.39, 0.29) is 23.7 Å². The number of aromatic nitrogens is 2. The van der Waals surface area contributed by atoms with Gasteiger partial charge in [-0.3, -0.25) is 19.2 Å². The van der Waals surface area contributed by atoms with Gasteiger partial charge in [0.05, 0.1) is 24.3 Å². The Hall–Kier alpha value is -1.89. The molecule has 1 saturated heterocycles. The second-order valence-corrected chi connectivity index (χ2v) is 5.34. The molecule has 0 aromatic carbocycles. The van der Waals surface area contributed by atoms with Gasteiger partial charge in [0, 0.05) is 26.3 Å². The summed E-state index contributed by atoms with van der Waals surface area (Å²) >= 11 is 0. The summed E-state index contributed by atoms with van der Waals surface area (Å²) in [5.41, 5.74) is 0.681. The number of hydrogen-bond acceptors (Lipinski definition) is 4. The monoisotopic (exact) mass is 264 g/mol. The fourth-order valence-corrected chi connectivity index (χ4v) is 3.00. The number of amides is 1. The highest BCUT2D eigenvalue weighted by Crippen LogP contribution is 2.51. The first-order valence-corrected chi connectivity index (χ1v) is 6.28. The van der Waals surface area contributed by atoms with Gasteiger partial charge in [-0.15, -0.1) is 0 Å². The molecular weight excluding hydrogens is 248 g/mol. The van der Waals surface area contributed by atoms with Crippen molar-refractivity contribution in [2.24, 2.45) is 24.8 Å². The average Bonchev–Trinajstić information content (AvgIpc) is 2.67. The molecule has 0 spiro atoms. The third-order valence-electron chi connectivity index (χ3n) is 3.91. The first-order chi connectivity index (χ1) is 9.04. The van der Waals surface area contributed by atoms with E-state index < -0.39 is 5.97 Å². The van der Waals surface area contributed by atoms with Crippen molar-refractivity contribution in [3.63, 3.8) is 0 Å². The van der Waals surface area contributed by atoms with E-state index in [1.807, 2.05) is 4.90 Å². The van der Waals surface area contributed by atoms with Crippen LogP contribution >= 0.6 is 0 Å². The number of fused-ring (bicyclic) bond motifs is 1. The summed E-state index contributed by atoms with van der Waals surface area (Å²) in [6.45, 7) is 1.73. The summed E-state index contributed by atoms with van der Waals surface area (Å²) < 4.78 is 1.62. The number of carboxylic acids is 1. The van der Waals surface area contributed by atoms with Crippen molar-refractivity contribution in [1.29, 1.82) is 0 Å². The van der Waals surface area contributed by atoms with Gasteiger partial charge in [0.1, 0.15) is 0 Å². The summed E-state index contributed by atoms with van der Waals surface area (Å²) in [4.78, 5) is 24.7. The maximum absolute atomic E-state index is 11.8. The van der Waals surface area contributed by atoms with Crippen LogP contribution in [0.15, 0.2) is 12.4 Å². The fourth-order valence-electron chi connectivity index (χ4n) is 3.00. The molecular formula is C12H16N4O3. The lowest BCUT2D eigenvalue weighted by atomic mass is 10.2. The minimum Gasteiger partial charge on any atom is -0.481 e. The van der Waals surface area contributed by atoms with Crippen molar-refractivity contribution in [3.05, 3.63) is 12.4 Å². The predicted molar refractivity (Wildman–Crippen MR) is 66.4 cm³/mol. The first-order valence-electron chi connectivity index (χ1n) is 6.28. The second-order valence-electron chi connectivity index (χ2n) is 5.34. The average molecular weight is 264 g/mol. The van der Waals surface area contributed by atoms with Crippen LogP contribution in [0.3, 0.4) is 0 Å². The maximum atomic E-state index is 11.8. The van der Waals surface area contributed by atoms with E-state index in [0.717, 1.165) is 0 Å². The summed E-state index contributed by atoms with van der Waals surface area (Å²) in [5, 5.41) is 15.7. The van der Waals surface area contributed by atoms with Crippen LogP contribution in [-0.4, -0.2) is 51.3 Å². The van der Waals surface area contributed by atoms with Gasteiger partial charge >= 0.3 is 5.97 Å². The summed E-state index contributed by atoms with van der Waals surface area (Å²) in [6, 6.07) is 0. The minimum absolute atomic E-state index is 0.0822. The molecule has 2 heterocycles. The van der Waals surface area contributed by atoms with Crippen molar-refractivity contribution in [2.45, 2.75) is 0 Å². The zero-order valence-electron chi connectivity index (χ0n) is 10.6. The molecule has 1 aliphatic heterocycles. The van der Waals surface area contributed by atoms with Crippen LogP contribution < -0.4 is 5.32 Å². The number of anilines is 1. The van der Waals surface area contributed by atoms with E-state index in [4.69, 9.17) is 5.11 Å². The Bertz CT molecular complexity index is 515. The highest BCUT2D eigenvalue weighted by atomic mass is 16.4. The number of rotatable bonds is 4. The van der Waals surface area contributed by atoms with Crippen molar-refractivity contribution in [3.8, 4) is 0 Å². The van der Waals surface area contributed by atoms with Gasteiger partial charge < -0.3 is 10.4 Å². The first kappa shape index (κ1) is 12.2. The third-order valence-corrected chi connectivity index (χ3v) is 3.91. The van der Waals surface area contributed by atoms with E-state index in [2.05, 4.69) is 10.4 Å². The quantitative estimate of drug-likeness (QED) is 0.774. The topological polar surface area (TPSA) is 87.5 Å². The van der Waals surface area contributed by atoms with Gasteiger partial charge in [0.2, 0.25) is 5.91 Å². The SMILES string of the molecule is Cn1cc(NC(=O)CN2C[C@@H]3C(C(=O)O)[C@@H]3C2)cn1. The lowest BCUT2D eigenvalue weighted by Gasteiger charge is -2.17. The molecule has 2 fully saturated rings. The molecule has 1 aromatic heterocycles. The Morgan fingerprint density at radius 1 is 1.47 bits per heavy atom. The number of aliphatic carboxylic acids is 1. The van der Waals surface area contributed by atoms with Crippen LogP contribution in [0.1, 0.15) is 0 Å². The number of hydrogen-bond donors (Lipinski definition) is 2. The van der Waals surface area contributed by atoms with E-state index in [0.29, 0.717) is 25.3 Å². The van der Waals surface area contributed by atoms with Gasteiger partial charge in [0.15, 0.2) is 0 Å². The number of carbonyl (C=O) groups excluding carboxylic acids is 1. The molecule has 7 nitrogen and oxygen atoms in total. The molecule has 19 heavy (non-hydrogen) atoms. The largest absolute Gasteiger partial charge is 0.481 e. The maximum Gasteiger partial charge on any atom is 0.307 e. The van der Waals surface area contributed by atoms with E-state index in [9.17, 15) is 9.59 Å². The number of carbonyl (C=O) groups is 2. The summed E-state index contributed by atoms with van der Waals surface area (Å²) in [7, 11) is 1.79. The molecule has 2 aliphatic rings. The molecule has 0 bridgehead atoms. The summed E-state index contributed by atoms with van der Waals surface area (Å²) in [5.74, 6) is -0.486. The highest BCUT2D eigenvalue weighted by Gasteiger charge is 2.59. The van der Waals surface area contributed by atoms with Crippen molar-refractivity contribution >= 4 is 17.6 Å². The number of nitrogens with zero attached hydrogens (tertiary/aromatic N) is 3. The Morgan fingerprint density at radius 3 is 2.68 bits per heavy atom. The molecule has 102 valence electrons. The van der Waals surface area contributed by atoms with Gasteiger partial charge in [0.25, 0.3) is 0 Å². The molecule has 3 atom stereocenters. The molecule has 0 radical (unpaired) electrons. The van der Waals surface area contributed by atoms with E-state index in [1.54, 1.807) is 24.1 Å². The standard InChI is InChI=1S/C12H16N4O3/c1-15-3-7(2-13-15)14-10(17)6-16-4-8-9(5-16)11(8)12(18)19/h2-3,8-9,11H,4-6H2,1H3,(H,14,17)(H,18,19)/t8-,9+,11?. The van der Waals surface area contributed by atoms with Crippen LogP contribution in [0, 0.1) is 17.8 Å². The smallest absolute Gasteiger partial charge is 0.307 e. The second kappa shape index (κ2) is 4.34. The molecule has 1 unspecified atom stereocenters. The van der Waals surface area contributed by atoms with Gasteiger partial charge in [-0.25, -0.2) is 0 Å². The molecule has 1 saturated carbocycles. The molecule has 1 aliphatic carbocycles. The molecule has 7 heteroatoms. The van der Waals surface area contributed by atoms with Crippen molar-refractivity contribution in [2.75, 3.05) is 25.0 Å².